The van der Waals surface area contributed by atoms with Gasteiger partial charge in [-0.3, -0.25) is 4.79 Å². The van der Waals surface area contributed by atoms with Gasteiger partial charge in [0.25, 0.3) is 0 Å². The highest BCUT2D eigenvalue weighted by molar-refractivity contribution is 5.80. The zero-order valence-electron chi connectivity index (χ0n) is 45.2. The SMILES string of the molecule is CCCCCCCCCCCCCC/C=C/C(O)C(COC1OC(CO)C(O)C(O)C1O)NC(=O)C(O)CCCCCCCCCCCCCCCCCCCCCCCCCCCCCCCC. The van der Waals surface area contributed by atoms with Gasteiger partial charge in [0.15, 0.2) is 6.29 Å². The molecule has 1 fully saturated rings. The number of aliphatic hydroxyl groups is 6. The zero-order chi connectivity index (χ0) is 50.3. The highest BCUT2D eigenvalue weighted by Crippen LogP contribution is 2.23. The van der Waals surface area contributed by atoms with Crippen LogP contribution in [0.25, 0.3) is 0 Å². The molecule has 69 heavy (non-hydrogen) atoms. The van der Waals surface area contributed by atoms with Crippen molar-refractivity contribution in [1.29, 1.82) is 0 Å². The lowest BCUT2D eigenvalue weighted by atomic mass is 9.99. The second-order valence-corrected chi connectivity index (χ2v) is 21.3. The van der Waals surface area contributed by atoms with Crippen molar-refractivity contribution in [2.24, 2.45) is 0 Å². The van der Waals surface area contributed by atoms with Gasteiger partial charge < -0.3 is 45.4 Å². The van der Waals surface area contributed by atoms with Gasteiger partial charge in [-0.1, -0.05) is 289 Å². The fraction of sp³-hybridized carbons (Fsp3) is 0.949. The number of unbranched alkanes of at least 4 members (excludes halogenated alkanes) is 41. The van der Waals surface area contributed by atoms with E-state index in [1.165, 1.54) is 231 Å². The van der Waals surface area contributed by atoms with Crippen molar-refractivity contribution in [2.45, 2.75) is 345 Å². The number of rotatable bonds is 52. The molecule has 1 saturated heterocycles. The molecule has 8 atom stereocenters. The number of carbonyl (C=O) groups excluding carboxylic acids is 1. The van der Waals surface area contributed by atoms with Gasteiger partial charge in [0.1, 0.15) is 30.5 Å². The van der Waals surface area contributed by atoms with Crippen LogP contribution in [-0.4, -0.2) is 98.7 Å². The molecule has 0 radical (unpaired) electrons. The van der Waals surface area contributed by atoms with Crippen LogP contribution in [0.5, 0.6) is 0 Å². The molecule has 0 aliphatic carbocycles. The largest absolute Gasteiger partial charge is 0.394 e. The lowest BCUT2D eigenvalue weighted by Crippen LogP contribution is -2.60. The van der Waals surface area contributed by atoms with Crippen molar-refractivity contribution < 1.29 is 44.9 Å². The van der Waals surface area contributed by atoms with Gasteiger partial charge in [-0.15, -0.1) is 0 Å². The summed E-state index contributed by atoms with van der Waals surface area (Å²) in [7, 11) is 0. The van der Waals surface area contributed by atoms with E-state index >= 15 is 0 Å². The Kier molecular flexibility index (Phi) is 46.9. The maximum atomic E-state index is 13.1. The van der Waals surface area contributed by atoms with E-state index in [9.17, 15) is 35.4 Å². The van der Waals surface area contributed by atoms with Crippen LogP contribution < -0.4 is 5.32 Å². The molecule has 0 aromatic carbocycles. The summed E-state index contributed by atoms with van der Waals surface area (Å²) in [5.41, 5.74) is 0. The first-order valence-electron chi connectivity index (χ1n) is 30.0. The fourth-order valence-electron chi connectivity index (χ4n) is 9.87. The third-order valence-corrected chi connectivity index (χ3v) is 14.7. The quantitative estimate of drug-likeness (QED) is 0.0232. The van der Waals surface area contributed by atoms with E-state index in [4.69, 9.17) is 9.47 Å². The van der Waals surface area contributed by atoms with Gasteiger partial charge in [0, 0.05) is 0 Å². The van der Waals surface area contributed by atoms with Gasteiger partial charge in [-0.25, -0.2) is 0 Å². The van der Waals surface area contributed by atoms with Crippen LogP contribution in [-0.2, 0) is 14.3 Å². The lowest BCUT2D eigenvalue weighted by molar-refractivity contribution is -0.302. The topological polar surface area (TPSA) is 169 Å². The summed E-state index contributed by atoms with van der Waals surface area (Å²) in [6.45, 7) is 3.65. The molecule has 1 heterocycles. The Hall–Kier alpha value is -1.11. The molecule has 7 N–H and O–H groups in total. The predicted molar refractivity (Wildman–Crippen MR) is 287 cm³/mol. The molecule has 10 nitrogen and oxygen atoms in total. The molecule has 0 bridgehead atoms. The van der Waals surface area contributed by atoms with Crippen LogP contribution in [0, 0.1) is 0 Å². The lowest BCUT2D eigenvalue weighted by Gasteiger charge is -2.40. The second kappa shape index (κ2) is 49.1. The van der Waals surface area contributed by atoms with Crippen LogP contribution in [0.2, 0.25) is 0 Å². The normalized spacial score (nSPS) is 19.9. The number of amides is 1. The average Bonchev–Trinajstić information content (AvgIpc) is 3.35. The van der Waals surface area contributed by atoms with Gasteiger partial charge in [0.05, 0.1) is 25.4 Å². The molecule has 1 aliphatic rings. The molecule has 0 aromatic heterocycles. The maximum absolute atomic E-state index is 13.1. The summed E-state index contributed by atoms with van der Waals surface area (Å²) in [6, 6.07) is -0.976. The molecule has 1 aliphatic heterocycles. The van der Waals surface area contributed by atoms with Crippen LogP contribution in [0.3, 0.4) is 0 Å². The molecule has 410 valence electrons. The van der Waals surface area contributed by atoms with E-state index in [2.05, 4.69) is 19.2 Å². The van der Waals surface area contributed by atoms with Gasteiger partial charge >= 0.3 is 0 Å². The summed E-state index contributed by atoms with van der Waals surface area (Å²) < 4.78 is 11.2. The van der Waals surface area contributed by atoms with Crippen molar-refractivity contribution in [3.05, 3.63) is 12.2 Å². The highest BCUT2D eigenvalue weighted by Gasteiger charge is 2.44. The Bertz CT molecular complexity index is 1110. The van der Waals surface area contributed by atoms with Crippen LogP contribution in [0.1, 0.15) is 296 Å². The van der Waals surface area contributed by atoms with Gasteiger partial charge in [-0.05, 0) is 19.3 Å². The molecule has 1 rings (SSSR count). The van der Waals surface area contributed by atoms with Gasteiger partial charge in [0.2, 0.25) is 5.91 Å². The number of aliphatic hydroxyl groups excluding tert-OH is 6. The number of ether oxygens (including phenoxy) is 2. The molecule has 0 saturated carbocycles. The third-order valence-electron chi connectivity index (χ3n) is 14.7. The van der Waals surface area contributed by atoms with Crippen molar-refractivity contribution in [2.75, 3.05) is 13.2 Å². The van der Waals surface area contributed by atoms with Crippen LogP contribution in [0.15, 0.2) is 12.2 Å². The minimum Gasteiger partial charge on any atom is -0.394 e. The van der Waals surface area contributed by atoms with Crippen LogP contribution >= 0.6 is 0 Å². The summed E-state index contributed by atoms with van der Waals surface area (Å²) >= 11 is 0. The summed E-state index contributed by atoms with van der Waals surface area (Å²) in [6.07, 6.45) is 50.5. The summed E-state index contributed by atoms with van der Waals surface area (Å²) in [4.78, 5) is 13.1. The first-order chi connectivity index (χ1) is 33.8. The molecule has 1 amide bonds. The fourth-order valence-corrected chi connectivity index (χ4v) is 9.87. The molecule has 0 aromatic rings. The number of hydrogen-bond acceptors (Lipinski definition) is 9. The first kappa shape index (κ1) is 65.9. The predicted octanol–water partition coefficient (Wildman–Crippen LogP) is 13.8. The Morgan fingerprint density at radius 2 is 0.826 bits per heavy atom. The number of carbonyl (C=O) groups is 1. The Morgan fingerprint density at radius 3 is 1.17 bits per heavy atom. The Labute approximate surface area is 425 Å². The van der Waals surface area contributed by atoms with E-state index in [1.54, 1.807) is 6.08 Å². The third kappa shape index (κ3) is 38.2. The number of nitrogens with one attached hydrogen (secondary N) is 1. The molecule has 8 unspecified atom stereocenters. The minimum absolute atomic E-state index is 0.301. The first-order valence-corrected chi connectivity index (χ1v) is 30.0. The van der Waals surface area contributed by atoms with Crippen LogP contribution in [0.4, 0.5) is 0 Å². The highest BCUT2D eigenvalue weighted by atomic mass is 16.7. The molecule has 0 spiro atoms. The van der Waals surface area contributed by atoms with E-state index in [0.29, 0.717) is 6.42 Å². The smallest absolute Gasteiger partial charge is 0.249 e. The maximum Gasteiger partial charge on any atom is 0.249 e. The van der Waals surface area contributed by atoms with Crippen molar-refractivity contribution >= 4 is 5.91 Å². The Balaban J connectivity index is 2.16. The number of allylic oxidation sites excluding steroid dienone is 1. The van der Waals surface area contributed by atoms with Crippen molar-refractivity contribution in [1.82, 2.24) is 5.32 Å². The number of hydrogen-bond donors (Lipinski definition) is 7. The van der Waals surface area contributed by atoms with Crippen molar-refractivity contribution in [3.63, 3.8) is 0 Å². The van der Waals surface area contributed by atoms with Gasteiger partial charge in [-0.2, -0.15) is 0 Å². The summed E-state index contributed by atoms with van der Waals surface area (Å²) in [5, 5.41) is 65.0. The average molecular weight is 983 g/mol. The van der Waals surface area contributed by atoms with E-state index < -0.39 is 61.5 Å². The molecular weight excluding hydrogens is 867 g/mol. The summed E-state index contributed by atoms with van der Waals surface area (Å²) in [5.74, 6) is -0.610. The Morgan fingerprint density at radius 1 is 0.493 bits per heavy atom. The zero-order valence-corrected chi connectivity index (χ0v) is 45.2. The van der Waals surface area contributed by atoms with E-state index in [0.717, 1.165) is 44.9 Å². The molecular formula is C59H115NO9. The van der Waals surface area contributed by atoms with E-state index in [-0.39, 0.29) is 6.61 Å². The second-order valence-electron chi connectivity index (χ2n) is 21.3. The van der Waals surface area contributed by atoms with E-state index in [1.807, 2.05) is 6.08 Å². The standard InChI is InChI=1S/C59H115NO9/c1-3-5-7-9-11-13-15-17-19-20-21-22-23-24-25-26-27-28-29-30-31-32-33-34-36-38-40-42-44-46-48-53(63)58(67)60-51(50-68-59-57(66)56(65)55(64)54(49-61)69-59)52(62)47-45-43-41-39-37-35-18-16-14-12-10-8-6-4-2/h45,47,51-57,59,61-66H,3-44,46,48-50H2,1-2H3,(H,60,67)/b47-45+. The van der Waals surface area contributed by atoms with Crippen molar-refractivity contribution in [3.8, 4) is 0 Å². The monoisotopic (exact) mass is 982 g/mol. The minimum atomic E-state index is -1.61. The molecule has 10 heteroatoms.